The van der Waals surface area contributed by atoms with Crippen LogP contribution in [0, 0.1) is 0 Å². The third-order valence-electron chi connectivity index (χ3n) is 3.86. The molecule has 0 radical (unpaired) electrons. The number of amides is 1. The van der Waals surface area contributed by atoms with Gasteiger partial charge >= 0.3 is 0 Å². The zero-order chi connectivity index (χ0) is 16.4. The third-order valence-corrected chi connectivity index (χ3v) is 5.65. The number of hydrogen-bond acceptors (Lipinski definition) is 4. The monoisotopic (exact) mass is 334 g/mol. The largest absolute Gasteiger partial charge is 0.459 e. The van der Waals surface area contributed by atoms with Gasteiger partial charge in [0, 0.05) is 12.2 Å². The van der Waals surface area contributed by atoms with E-state index in [0.29, 0.717) is 17.9 Å². The number of rotatable bonds is 4. The molecule has 0 unspecified atom stereocenters. The number of nitrogens with one attached hydrogen (secondary N) is 1. The zero-order valence-corrected chi connectivity index (χ0v) is 13.6. The molecule has 2 aromatic rings. The van der Waals surface area contributed by atoms with Crippen LogP contribution in [0.2, 0.25) is 0 Å². The van der Waals surface area contributed by atoms with E-state index in [1.54, 1.807) is 31.2 Å². The Morgan fingerprint density at radius 1 is 1.35 bits per heavy atom. The maximum absolute atomic E-state index is 12.3. The second kappa shape index (κ2) is 6.08. The van der Waals surface area contributed by atoms with Crippen LogP contribution < -0.4 is 9.62 Å². The first-order valence-corrected chi connectivity index (χ1v) is 9.10. The summed E-state index contributed by atoms with van der Waals surface area (Å²) in [5.41, 5.74) is 2.17. The topological polar surface area (TPSA) is 79.6 Å². The normalized spacial score (nSPS) is 14.4. The highest BCUT2D eigenvalue weighted by Gasteiger charge is 2.26. The molecule has 1 aliphatic heterocycles. The van der Waals surface area contributed by atoms with Crippen LogP contribution in [0.1, 0.15) is 29.5 Å². The van der Waals surface area contributed by atoms with Crippen molar-refractivity contribution in [2.24, 2.45) is 0 Å². The number of nitrogens with zero attached hydrogens (tertiary/aromatic N) is 1. The number of fused-ring (bicyclic) bond motifs is 1. The summed E-state index contributed by atoms with van der Waals surface area (Å²) in [6.07, 6.45) is 3.05. The molecule has 0 bridgehead atoms. The van der Waals surface area contributed by atoms with Gasteiger partial charge in [0.15, 0.2) is 5.76 Å². The van der Waals surface area contributed by atoms with E-state index in [2.05, 4.69) is 5.32 Å². The van der Waals surface area contributed by atoms with Gasteiger partial charge in [-0.3, -0.25) is 9.10 Å². The number of furan rings is 1. The number of sulfonamides is 1. The van der Waals surface area contributed by atoms with E-state index in [4.69, 9.17) is 4.42 Å². The van der Waals surface area contributed by atoms with Crippen LogP contribution >= 0.6 is 0 Å². The van der Waals surface area contributed by atoms with Crippen LogP contribution in [0.4, 0.5) is 11.4 Å². The van der Waals surface area contributed by atoms with Crippen molar-refractivity contribution in [1.29, 1.82) is 0 Å². The molecule has 1 aromatic carbocycles. The Morgan fingerprint density at radius 2 is 2.17 bits per heavy atom. The van der Waals surface area contributed by atoms with E-state index < -0.39 is 10.0 Å². The average molecular weight is 334 g/mol. The molecule has 1 aliphatic rings. The first-order valence-electron chi connectivity index (χ1n) is 7.49. The van der Waals surface area contributed by atoms with Crippen LogP contribution in [0.3, 0.4) is 0 Å². The van der Waals surface area contributed by atoms with Gasteiger partial charge in [0.25, 0.3) is 5.91 Å². The molecular weight excluding hydrogens is 316 g/mol. The minimum absolute atomic E-state index is 0.0510. The molecule has 2 heterocycles. The fourth-order valence-electron chi connectivity index (χ4n) is 2.66. The molecule has 7 heteroatoms. The molecule has 0 aliphatic carbocycles. The van der Waals surface area contributed by atoms with Gasteiger partial charge in [0.1, 0.15) is 0 Å². The van der Waals surface area contributed by atoms with Gasteiger partial charge in [0.2, 0.25) is 10.0 Å². The first kappa shape index (κ1) is 15.6. The van der Waals surface area contributed by atoms with Crippen molar-refractivity contribution in [2.75, 3.05) is 21.9 Å². The summed E-state index contributed by atoms with van der Waals surface area (Å²) in [7, 11) is -3.32. The van der Waals surface area contributed by atoms with Crippen LogP contribution in [-0.4, -0.2) is 26.6 Å². The molecule has 1 aromatic heterocycles. The van der Waals surface area contributed by atoms with E-state index in [1.165, 1.54) is 10.6 Å². The second-order valence-electron chi connectivity index (χ2n) is 5.35. The Morgan fingerprint density at radius 3 is 2.87 bits per heavy atom. The van der Waals surface area contributed by atoms with Gasteiger partial charge in [-0.15, -0.1) is 0 Å². The van der Waals surface area contributed by atoms with E-state index in [-0.39, 0.29) is 17.4 Å². The van der Waals surface area contributed by atoms with Crippen molar-refractivity contribution in [3.8, 4) is 0 Å². The number of carbonyl (C=O) groups excluding carboxylic acids is 1. The smallest absolute Gasteiger partial charge is 0.291 e. The molecule has 6 nitrogen and oxygen atoms in total. The molecular formula is C16H18N2O4S. The maximum atomic E-state index is 12.3. The molecule has 0 spiro atoms. The molecule has 0 atom stereocenters. The molecule has 122 valence electrons. The summed E-state index contributed by atoms with van der Waals surface area (Å²) in [5, 5.41) is 2.73. The van der Waals surface area contributed by atoms with Crippen LogP contribution in [0.5, 0.6) is 0 Å². The van der Waals surface area contributed by atoms with Gasteiger partial charge in [-0.2, -0.15) is 0 Å². The lowest BCUT2D eigenvalue weighted by molar-refractivity contribution is 0.0996. The highest BCUT2D eigenvalue weighted by atomic mass is 32.2. The molecule has 3 rings (SSSR count). The SMILES string of the molecule is CCS(=O)(=O)N1CCCc2ccc(NC(=O)c3ccco3)cc21. The van der Waals surface area contributed by atoms with Crippen molar-refractivity contribution < 1.29 is 17.6 Å². The van der Waals surface area contributed by atoms with Crippen molar-refractivity contribution in [1.82, 2.24) is 0 Å². The fourth-order valence-corrected chi connectivity index (χ4v) is 3.85. The average Bonchev–Trinajstić information content (AvgIpc) is 3.08. The highest BCUT2D eigenvalue weighted by molar-refractivity contribution is 7.92. The summed E-state index contributed by atoms with van der Waals surface area (Å²) in [4.78, 5) is 12.0. The number of carbonyl (C=O) groups is 1. The lowest BCUT2D eigenvalue weighted by Gasteiger charge is -2.30. The van der Waals surface area contributed by atoms with Crippen molar-refractivity contribution in [3.63, 3.8) is 0 Å². The van der Waals surface area contributed by atoms with E-state index in [1.807, 2.05) is 6.07 Å². The highest BCUT2D eigenvalue weighted by Crippen LogP contribution is 2.32. The Bertz CT molecular complexity index is 813. The molecule has 0 fully saturated rings. The number of benzene rings is 1. The predicted octanol–water partition coefficient (Wildman–Crippen LogP) is 2.63. The zero-order valence-electron chi connectivity index (χ0n) is 12.8. The number of hydrogen-bond donors (Lipinski definition) is 1. The summed E-state index contributed by atoms with van der Waals surface area (Å²) in [6, 6.07) is 8.56. The molecule has 1 amide bonds. The number of anilines is 2. The van der Waals surface area contributed by atoms with Gasteiger partial charge in [-0.1, -0.05) is 6.07 Å². The molecule has 0 saturated carbocycles. The minimum atomic E-state index is -3.32. The van der Waals surface area contributed by atoms with Crippen molar-refractivity contribution in [3.05, 3.63) is 47.9 Å². The van der Waals surface area contributed by atoms with Gasteiger partial charge in [-0.05, 0) is 49.6 Å². The number of aryl methyl sites for hydroxylation is 1. The Labute approximate surface area is 135 Å². The third kappa shape index (κ3) is 3.10. The van der Waals surface area contributed by atoms with Gasteiger partial charge in [-0.25, -0.2) is 8.42 Å². The Hall–Kier alpha value is -2.28. The summed E-state index contributed by atoms with van der Waals surface area (Å²) in [6.45, 7) is 2.10. The second-order valence-corrected chi connectivity index (χ2v) is 7.53. The quantitative estimate of drug-likeness (QED) is 0.932. The molecule has 23 heavy (non-hydrogen) atoms. The summed E-state index contributed by atoms with van der Waals surface area (Å²) >= 11 is 0. The van der Waals surface area contributed by atoms with Gasteiger partial charge in [0.05, 0.1) is 17.7 Å². The van der Waals surface area contributed by atoms with E-state index in [9.17, 15) is 13.2 Å². The molecule has 0 saturated heterocycles. The van der Waals surface area contributed by atoms with Gasteiger partial charge < -0.3 is 9.73 Å². The summed E-state index contributed by atoms with van der Waals surface area (Å²) < 4.78 is 31.0. The van der Waals surface area contributed by atoms with Crippen LogP contribution in [0.15, 0.2) is 41.0 Å². The lowest BCUT2D eigenvalue weighted by atomic mass is 10.0. The van der Waals surface area contributed by atoms with Crippen molar-refractivity contribution >= 4 is 27.3 Å². The van der Waals surface area contributed by atoms with Crippen LogP contribution in [-0.2, 0) is 16.4 Å². The maximum Gasteiger partial charge on any atom is 0.291 e. The minimum Gasteiger partial charge on any atom is -0.459 e. The lowest BCUT2D eigenvalue weighted by Crippen LogP contribution is -2.36. The van der Waals surface area contributed by atoms with Crippen molar-refractivity contribution in [2.45, 2.75) is 19.8 Å². The predicted molar refractivity (Wildman–Crippen MR) is 88.2 cm³/mol. The fraction of sp³-hybridized carbons (Fsp3) is 0.312. The molecule has 1 N–H and O–H groups in total. The first-order chi connectivity index (χ1) is 11.0. The van der Waals surface area contributed by atoms with Crippen LogP contribution in [0.25, 0.3) is 0 Å². The summed E-state index contributed by atoms with van der Waals surface area (Å²) in [5.74, 6) is -0.105. The Kier molecular flexibility index (Phi) is 4.12. The Balaban J connectivity index is 1.91. The standard InChI is InChI=1S/C16H18N2O4S/c1-2-23(20,21)18-9-3-5-12-7-8-13(11-14(12)18)17-16(19)15-6-4-10-22-15/h4,6-8,10-11H,2-3,5,9H2,1H3,(H,17,19). The van der Waals surface area contributed by atoms with E-state index >= 15 is 0 Å². The van der Waals surface area contributed by atoms with E-state index in [0.717, 1.165) is 18.4 Å².